The number of rotatable bonds is 10. The molecule has 1 N–H and O–H groups in total. The van der Waals surface area contributed by atoms with Crippen molar-refractivity contribution in [3.8, 4) is 5.75 Å². The van der Waals surface area contributed by atoms with Crippen molar-refractivity contribution in [1.29, 1.82) is 0 Å². The Hall–Kier alpha value is -3.97. The second-order valence-electron chi connectivity index (χ2n) is 8.02. The molecule has 4 aromatic rings. The van der Waals surface area contributed by atoms with Gasteiger partial charge in [-0.2, -0.15) is 0 Å². The second kappa shape index (κ2) is 11.9. The number of nitrogens with zero attached hydrogens (tertiary/aromatic N) is 1. The smallest absolute Gasteiger partial charge is 0.358 e. The summed E-state index contributed by atoms with van der Waals surface area (Å²) in [7, 11) is 0. The van der Waals surface area contributed by atoms with Gasteiger partial charge in [0.05, 0.1) is 6.04 Å². The zero-order chi connectivity index (χ0) is 24.5. The van der Waals surface area contributed by atoms with Crippen molar-refractivity contribution in [3.05, 3.63) is 118 Å². The van der Waals surface area contributed by atoms with Crippen molar-refractivity contribution in [2.75, 3.05) is 6.61 Å². The summed E-state index contributed by atoms with van der Waals surface area (Å²) >= 11 is 1.31. The third-order valence-electron chi connectivity index (χ3n) is 5.30. The van der Waals surface area contributed by atoms with Crippen LogP contribution in [0.25, 0.3) is 0 Å². The van der Waals surface area contributed by atoms with E-state index in [1.54, 1.807) is 5.38 Å². The lowest BCUT2D eigenvalue weighted by molar-refractivity contribution is -0.125. The summed E-state index contributed by atoms with van der Waals surface area (Å²) in [4.78, 5) is 29.3. The van der Waals surface area contributed by atoms with Gasteiger partial charge >= 0.3 is 5.97 Å². The van der Waals surface area contributed by atoms with Gasteiger partial charge < -0.3 is 14.8 Å². The first kappa shape index (κ1) is 24.2. The minimum Gasteiger partial charge on any atom is -0.486 e. The fraction of sp³-hybridized carbons (Fsp3) is 0.179. The van der Waals surface area contributed by atoms with Crippen LogP contribution >= 0.6 is 11.3 Å². The Morgan fingerprint density at radius 2 is 1.63 bits per heavy atom. The predicted molar refractivity (Wildman–Crippen MR) is 135 cm³/mol. The number of carbonyl (C=O) groups excluding carboxylic acids is 2. The van der Waals surface area contributed by atoms with Crippen molar-refractivity contribution in [3.63, 3.8) is 0 Å². The van der Waals surface area contributed by atoms with Crippen molar-refractivity contribution in [1.82, 2.24) is 10.3 Å². The fourth-order valence-electron chi connectivity index (χ4n) is 3.48. The molecule has 3 aromatic carbocycles. The molecule has 1 unspecified atom stereocenters. The van der Waals surface area contributed by atoms with Gasteiger partial charge in [0.25, 0.3) is 5.91 Å². The number of thiazole rings is 1. The quantitative estimate of drug-likeness (QED) is 0.308. The third-order valence-corrected chi connectivity index (χ3v) is 6.12. The Morgan fingerprint density at radius 3 is 2.34 bits per heavy atom. The normalized spacial score (nSPS) is 11.5. The highest BCUT2D eigenvalue weighted by Gasteiger charge is 2.18. The minimum absolute atomic E-state index is 0.161. The van der Waals surface area contributed by atoms with E-state index in [4.69, 9.17) is 9.47 Å². The van der Waals surface area contributed by atoms with Gasteiger partial charge in [0, 0.05) is 5.38 Å². The Labute approximate surface area is 208 Å². The molecule has 0 spiro atoms. The number of hydrogen-bond acceptors (Lipinski definition) is 6. The number of carbonyl (C=O) groups is 2. The maximum absolute atomic E-state index is 12.6. The Kier molecular flexibility index (Phi) is 8.25. The topological polar surface area (TPSA) is 77.5 Å². The molecule has 35 heavy (non-hydrogen) atoms. The summed E-state index contributed by atoms with van der Waals surface area (Å²) in [5, 5.41) is 5.24. The maximum atomic E-state index is 12.6. The molecule has 0 bridgehead atoms. The van der Waals surface area contributed by atoms with Crippen molar-refractivity contribution in [2.45, 2.75) is 26.0 Å². The zero-order valence-corrected chi connectivity index (χ0v) is 20.2. The molecular formula is C28H26N2O4S. The largest absolute Gasteiger partial charge is 0.486 e. The molecule has 0 aliphatic heterocycles. The summed E-state index contributed by atoms with van der Waals surface area (Å²) in [5.74, 6) is -0.284. The van der Waals surface area contributed by atoms with Crippen LogP contribution in [0.2, 0.25) is 0 Å². The average molecular weight is 487 g/mol. The Morgan fingerprint density at radius 1 is 0.943 bits per heavy atom. The number of aryl methyl sites for hydroxylation is 1. The average Bonchev–Trinajstić information content (AvgIpc) is 3.37. The summed E-state index contributed by atoms with van der Waals surface area (Å²) < 4.78 is 10.9. The van der Waals surface area contributed by atoms with Crippen LogP contribution in [0.3, 0.4) is 0 Å². The highest BCUT2D eigenvalue weighted by molar-refractivity contribution is 7.09. The molecule has 1 aromatic heterocycles. The van der Waals surface area contributed by atoms with Gasteiger partial charge in [-0.1, -0.05) is 78.4 Å². The number of esters is 1. The lowest BCUT2D eigenvalue weighted by Crippen LogP contribution is -2.33. The number of nitrogens with one attached hydrogen (secondary N) is 1. The van der Waals surface area contributed by atoms with E-state index in [9.17, 15) is 9.59 Å². The number of ether oxygens (including phenoxy) is 2. The Bertz CT molecular complexity index is 1240. The van der Waals surface area contributed by atoms with Gasteiger partial charge in [-0.15, -0.1) is 11.3 Å². The minimum atomic E-state index is -0.641. The molecule has 1 atom stereocenters. The molecule has 4 rings (SSSR count). The van der Waals surface area contributed by atoms with E-state index in [0.29, 0.717) is 11.4 Å². The van der Waals surface area contributed by atoms with Crippen LogP contribution in [-0.4, -0.2) is 23.5 Å². The summed E-state index contributed by atoms with van der Waals surface area (Å²) in [6.07, 6.45) is 0.626. The van der Waals surface area contributed by atoms with Gasteiger partial charge in [-0.05, 0) is 36.6 Å². The van der Waals surface area contributed by atoms with E-state index in [1.165, 1.54) is 11.3 Å². The van der Waals surface area contributed by atoms with Crippen molar-refractivity contribution >= 4 is 23.2 Å². The van der Waals surface area contributed by atoms with Crippen LogP contribution in [0.4, 0.5) is 0 Å². The lowest BCUT2D eigenvalue weighted by atomic mass is 9.99. The standard InChI is InChI=1S/C28H26N2O4S/c1-20-12-14-23(15-13-20)33-18-27-30-25(19-35-27)28(32)34-17-26(31)29-24(22-10-6-3-7-11-22)16-21-8-4-2-5-9-21/h2-15,19,24H,16-18H2,1H3,(H,29,31). The van der Waals surface area contributed by atoms with E-state index in [1.807, 2.05) is 91.9 Å². The van der Waals surface area contributed by atoms with Crippen LogP contribution in [0.1, 0.15) is 38.2 Å². The highest BCUT2D eigenvalue weighted by Crippen LogP contribution is 2.19. The zero-order valence-electron chi connectivity index (χ0n) is 19.3. The molecule has 0 saturated heterocycles. The summed E-state index contributed by atoms with van der Waals surface area (Å²) in [6, 6.07) is 27.1. The summed E-state index contributed by atoms with van der Waals surface area (Å²) in [6.45, 7) is 1.87. The van der Waals surface area contributed by atoms with E-state index in [-0.39, 0.29) is 30.9 Å². The number of amides is 1. The predicted octanol–water partition coefficient (Wildman–Crippen LogP) is 5.29. The van der Waals surface area contributed by atoms with Crippen molar-refractivity contribution in [2.24, 2.45) is 0 Å². The molecule has 7 heteroatoms. The number of benzene rings is 3. The van der Waals surface area contributed by atoms with Crippen LogP contribution in [0.15, 0.2) is 90.3 Å². The number of aromatic nitrogens is 1. The molecule has 1 amide bonds. The van der Waals surface area contributed by atoms with Gasteiger partial charge in [0.1, 0.15) is 17.4 Å². The van der Waals surface area contributed by atoms with E-state index in [2.05, 4.69) is 10.3 Å². The Balaban J connectivity index is 1.30. The monoisotopic (exact) mass is 486 g/mol. The van der Waals surface area contributed by atoms with Gasteiger partial charge in [0.15, 0.2) is 12.3 Å². The fourth-order valence-corrected chi connectivity index (χ4v) is 4.15. The first-order valence-corrected chi connectivity index (χ1v) is 12.1. The van der Waals surface area contributed by atoms with Crippen molar-refractivity contribution < 1.29 is 19.1 Å². The molecule has 0 aliphatic carbocycles. The highest BCUT2D eigenvalue weighted by atomic mass is 32.1. The van der Waals surface area contributed by atoms with Crippen LogP contribution in [0, 0.1) is 6.92 Å². The van der Waals surface area contributed by atoms with Gasteiger partial charge in [-0.3, -0.25) is 4.79 Å². The first-order chi connectivity index (χ1) is 17.1. The van der Waals surface area contributed by atoms with Crippen LogP contribution in [-0.2, 0) is 22.6 Å². The summed E-state index contributed by atoms with van der Waals surface area (Å²) in [5.41, 5.74) is 3.39. The third kappa shape index (κ3) is 7.25. The lowest BCUT2D eigenvalue weighted by Gasteiger charge is -2.19. The SMILES string of the molecule is Cc1ccc(OCc2nc(C(=O)OCC(=O)NC(Cc3ccccc3)c3ccccc3)cs2)cc1. The molecule has 0 fully saturated rings. The van der Waals surface area contributed by atoms with E-state index >= 15 is 0 Å². The van der Waals surface area contributed by atoms with E-state index < -0.39 is 5.97 Å². The molecule has 0 radical (unpaired) electrons. The molecule has 1 heterocycles. The maximum Gasteiger partial charge on any atom is 0.358 e. The van der Waals surface area contributed by atoms with Crippen LogP contribution in [0.5, 0.6) is 5.75 Å². The molecule has 6 nitrogen and oxygen atoms in total. The van der Waals surface area contributed by atoms with Gasteiger partial charge in [-0.25, -0.2) is 9.78 Å². The molecule has 0 aliphatic rings. The second-order valence-corrected chi connectivity index (χ2v) is 8.97. The number of hydrogen-bond donors (Lipinski definition) is 1. The van der Waals surface area contributed by atoms with E-state index in [0.717, 1.165) is 22.4 Å². The molecule has 0 saturated carbocycles. The first-order valence-electron chi connectivity index (χ1n) is 11.3. The molecular weight excluding hydrogens is 460 g/mol. The van der Waals surface area contributed by atoms with Crippen LogP contribution < -0.4 is 10.1 Å². The molecule has 178 valence electrons. The van der Waals surface area contributed by atoms with Gasteiger partial charge in [0.2, 0.25) is 0 Å².